The van der Waals surface area contributed by atoms with Gasteiger partial charge in [-0.3, -0.25) is 4.90 Å². The Balaban J connectivity index is 1.64. The third kappa shape index (κ3) is 2.64. The number of likely N-dealkylation sites (tertiary alicyclic amines) is 1. The molecule has 3 aliphatic rings. The fourth-order valence-electron chi connectivity index (χ4n) is 6.36. The third-order valence-corrected chi connectivity index (χ3v) is 7.34. The van der Waals surface area contributed by atoms with E-state index in [0.29, 0.717) is 6.54 Å². The number of nitrogens with zero attached hydrogens (tertiary/aromatic N) is 1. The molecule has 164 valence electrons. The van der Waals surface area contributed by atoms with Crippen LogP contribution >= 0.6 is 0 Å². The number of ether oxygens (including phenoxy) is 2. The molecule has 4 nitrogen and oxygen atoms in total. The first-order valence-electron chi connectivity index (χ1n) is 11.5. The highest BCUT2D eigenvalue weighted by Gasteiger charge is 2.61. The van der Waals surface area contributed by atoms with Crippen molar-refractivity contribution < 1.29 is 14.6 Å². The number of aliphatic hydroxyl groups is 1. The van der Waals surface area contributed by atoms with Gasteiger partial charge in [0.25, 0.3) is 0 Å². The van der Waals surface area contributed by atoms with Gasteiger partial charge in [-0.25, -0.2) is 0 Å². The quantitative estimate of drug-likeness (QED) is 0.666. The highest BCUT2D eigenvalue weighted by Crippen LogP contribution is 2.57. The second-order valence-corrected chi connectivity index (χ2v) is 9.69. The summed E-state index contributed by atoms with van der Waals surface area (Å²) < 4.78 is 12.7. The standard InChI is InChI=1S/C28H29NO3/c1-18(30)25-26-24(31-27(2,3)32-26)17-29(25)28(19-11-5-4-6-12-19)22-15-9-7-13-20(22)21-14-8-10-16-23(21)28/h4-16,18,24-26,30H,17H2,1-3H3/t18-,24-,25-,26-/m1/s1. The minimum absolute atomic E-state index is 0.0925. The number of fused-ring (bicyclic) bond motifs is 4. The normalized spacial score (nSPS) is 28.2. The van der Waals surface area contributed by atoms with Gasteiger partial charge in [-0.1, -0.05) is 78.9 Å². The molecule has 32 heavy (non-hydrogen) atoms. The Kier molecular flexibility index (Phi) is 4.40. The molecule has 0 saturated carbocycles. The van der Waals surface area contributed by atoms with Crippen LogP contribution in [0.3, 0.4) is 0 Å². The number of rotatable bonds is 3. The first-order chi connectivity index (χ1) is 15.4. The van der Waals surface area contributed by atoms with E-state index < -0.39 is 17.4 Å². The molecule has 2 aliphatic heterocycles. The molecule has 3 aromatic carbocycles. The number of aliphatic hydroxyl groups excluding tert-OH is 1. The minimum Gasteiger partial charge on any atom is -0.392 e. The summed E-state index contributed by atoms with van der Waals surface area (Å²) in [5, 5.41) is 11.1. The predicted octanol–water partition coefficient (Wildman–Crippen LogP) is 4.54. The lowest BCUT2D eigenvalue weighted by Crippen LogP contribution is -2.55. The van der Waals surface area contributed by atoms with Gasteiger partial charge in [0, 0.05) is 6.54 Å². The van der Waals surface area contributed by atoms with E-state index in [9.17, 15) is 5.11 Å². The summed E-state index contributed by atoms with van der Waals surface area (Å²) >= 11 is 0. The van der Waals surface area contributed by atoms with Gasteiger partial charge in [0.2, 0.25) is 0 Å². The summed E-state index contributed by atoms with van der Waals surface area (Å²) in [7, 11) is 0. The number of hydrogen-bond donors (Lipinski definition) is 1. The van der Waals surface area contributed by atoms with Gasteiger partial charge in [0.05, 0.1) is 17.7 Å². The van der Waals surface area contributed by atoms with E-state index in [4.69, 9.17) is 9.47 Å². The van der Waals surface area contributed by atoms with Gasteiger partial charge in [-0.05, 0) is 48.6 Å². The molecule has 1 aliphatic carbocycles. The molecule has 2 saturated heterocycles. The van der Waals surface area contributed by atoms with Crippen LogP contribution in [0.4, 0.5) is 0 Å². The summed E-state index contributed by atoms with van der Waals surface area (Å²) in [6.07, 6.45) is -0.862. The van der Waals surface area contributed by atoms with Crippen LogP contribution in [0.15, 0.2) is 78.9 Å². The van der Waals surface area contributed by atoms with Crippen molar-refractivity contribution in [1.82, 2.24) is 4.90 Å². The molecule has 4 heteroatoms. The zero-order chi connectivity index (χ0) is 22.1. The van der Waals surface area contributed by atoms with Crippen LogP contribution < -0.4 is 0 Å². The van der Waals surface area contributed by atoms with Crippen LogP contribution in [0.5, 0.6) is 0 Å². The molecule has 4 atom stereocenters. The van der Waals surface area contributed by atoms with Crippen molar-refractivity contribution in [2.24, 2.45) is 0 Å². The molecular formula is C28H29NO3. The Labute approximate surface area is 189 Å². The second-order valence-electron chi connectivity index (χ2n) is 9.69. The van der Waals surface area contributed by atoms with Crippen molar-refractivity contribution >= 4 is 0 Å². The third-order valence-electron chi connectivity index (χ3n) is 7.34. The van der Waals surface area contributed by atoms with Crippen LogP contribution in [0.1, 0.15) is 37.5 Å². The smallest absolute Gasteiger partial charge is 0.163 e. The van der Waals surface area contributed by atoms with Crippen molar-refractivity contribution in [2.75, 3.05) is 6.54 Å². The highest BCUT2D eigenvalue weighted by molar-refractivity contribution is 5.83. The van der Waals surface area contributed by atoms with E-state index >= 15 is 0 Å². The topological polar surface area (TPSA) is 41.9 Å². The first kappa shape index (κ1) is 20.1. The van der Waals surface area contributed by atoms with Gasteiger partial charge in [0.1, 0.15) is 12.2 Å². The Morgan fingerprint density at radius 2 is 1.41 bits per heavy atom. The van der Waals surface area contributed by atoms with Crippen LogP contribution in [-0.2, 0) is 15.0 Å². The molecule has 0 amide bonds. The van der Waals surface area contributed by atoms with Crippen molar-refractivity contribution in [2.45, 2.75) is 56.5 Å². The molecule has 3 aromatic rings. The van der Waals surface area contributed by atoms with Gasteiger partial charge in [0.15, 0.2) is 5.79 Å². The van der Waals surface area contributed by atoms with E-state index in [-0.39, 0.29) is 18.2 Å². The molecule has 0 unspecified atom stereocenters. The van der Waals surface area contributed by atoms with E-state index in [0.717, 1.165) is 0 Å². The SMILES string of the molecule is C[C@@H](O)[C@@H]1[C@@H]2OC(C)(C)O[C@@H]2CN1C1(c2ccccc2)c2ccccc2-c2ccccc21. The Morgan fingerprint density at radius 1 is 0.844 bits per heavy atom. The van der Waals surface area contributed by atoms with E-state index in [1.165, 1.54) is 27.8 Å². The van der Waals surface area contributed by atoms with Crippen molar-refractivity contribution in [3.8, 4) is 11.1 Å². The zero-order valence-electron chi connectivity index (χ0n) is 18.7. The molecule has 1 N–H and O–H groups in total. The maximum atomic E-state index is 11.1. The molecule has 0 aromatic heterocycles. The fraction of sp³-hybridized carbons (Fsp3) is 0.357. The summed E-state index contributed by atoms with van der Waals surface area (Å²) in [6, 6.07) is 27.8. The van der Waals surface area contributed by atoms with Crippen LogP contribution in [0.2, 0.25) is 0 Å². The van der Waals surface area contributed by atoms with E-state index in [1.54, 1.807) is 0 Å². The second kappa shape index (κ2) is 7.00. The Bertz CT molecular complexity index is 1110. The highest BCUT2D eigenvalue weighted by atomic mass is 16.8. The summed E-state index contributed by atoms with van der Waals surface area (Å²) in [5.74, 6) is -0.639. The van der Waals surface area contributed by atoms with Gasteiger partial charge in [-0.15, -0.1) is 0 Å². The summed E-state index contributed by atoms with van der Waals surface area (Å²) in [4.78, 5) is 2.45. The summed E-state index contributed by atoms with van der Waals surface area (Å²) in [6.45, 7) is 6.48. The lowest BCUT2D eigenvalue weighted by atomic mass is 9.78. The molecular weight excluding hydrogens is 398 g/mol. The minimum atomic E-state index is -0.639. The fourth-order valence-corrected chi connectivity index (χ4v) is 6.36. The van der Waals surface area contributed by atoms with Gasteiger partial charge < -0.3 is 14.6 Å². The lowest BCUT2D eigenvalue weighted by Gasteiger charge is -2.46. The Morgan fingerprint density at radius 3 is 2.00 bits per heavy atom. The maximum absolute atomic E-state index is 11.1. The predicted molar refractivity (Wildman–Crippen MR) is 124 cm³/mol. The van der Waals surface area contributed by atoms with Crippen molar-refractivity contribution in [1.29, 1.82) is 0 Å². The van der Waals surface area contributed by atoms with Crippen LogP contribution in [0, 0.1) is 0 Å². The van der Waals surface area contributed by atoms with Crippen molar-refractivity contribution in [3.05, 3.63) is 95.6 Å². The van der Waals surface area contributed by atoms with Crippen LogP contribution in [-0.4, -0.2) is 46.7 Å². The van der Waals surface area contributed by atoms with E-state index in [2.05, 4.69) is 83.8 Å². The number of benzene rings is 3. The monoisotopic (exact) mass is 427 g/mol. The summed E-state index contributed by atoms with van der Waals surface area (Å²) in [5.41, 5.74) is 5.65. The Hall–Kier alpha value is -2.50. The average Bonchev–Trinajstić information content (AvgIpc) is 3.38. The molecule has 0 radical (unpaired) electrons. The molecule has 2 fully saturated rings. The molecule has 0 spiro atoms. The van der Waals surface area contributed by atoms with Crippen molar-refractivity contribution in [3.63, 3.8) is 0 Å². The molecule has 2 heterocycles. The van der Waals surface area contributed by atoms with Gasteiger partial charge in [-0.2, -0.15) is 0 Å². The zero-order valence-corrected chi connectivity index (χ0v) is 18.7. The first-order valence-corrected chi connectivity index (χ1v) is 11.5. The molecule has 0 bridgehead atoms. The van der Waals surface area contributed by atoms with E-state index in [1.807, 2.05) is 20.8 Å². The maximum Gasteiger partial charge on any atom is 0.163 e. The lowest BCUT2D eigenvalue weighted by molar-refractivity contribution is -0.171. The van der Waals surface area contributed by atoms with Gasteiger partial charge >= 0.3 is 0 Å². The number of hydrogen-bond acceptors (Lipinski definition) is 4. The average molecular weight is 428 g/mol. The molecule has 6 rings (SSSR count). The largest absolute Gasteiger partial charge is 0.392 e. The van der Waals surface area contributed by atoms with Crippen LogP contribution in [0.25, 0.3) is 11.1 Å².